The molecule has 0 bridgehead atoms. The molecule has 144 valence electrons. The SMILES string of the molecule is CC(NC(=S)Nc1ccc(NC(=O)c2cscn2)cc1)c1ccc(F)cc1F. The van der Waals surface area contributed by atoms with Gasteiger partial charge in [0, 0.05) is 28.4 Å². The van der Waals surface area contributed by atoms with Crippen LogP contribution in [-0.4, -0.2) is 16.0 Å². The van der Waals surface area contributed by atoms with Crippen molar-refractivity contribution in [1.29, 1.82) is 0 Å². The number of benzene rings is 2. The van der Waals surface area contributed by atoms with E-state index in [-0.39, 0.29) is 11.0 Å². The molecule has 0 aliphatic carbocycles. The molecule has 0 saturated carbocycles. The van der Waals surface area contributed by atoms with Crippen molar-refractivity contribution in [3.63, 3.8) is 0 Å². The zero-order valence-corrected chi connectivity index (χ0v) is 16.3. The molecule has 9 heteroatoms. The van der Waals surface area contributed by atoms with Crippen LogP contribution in [0.2, 0.25) is 0 Å². The summed E-state index contributed by atoms with van der Waals surface area (Å²) in [5, 5.41) is 10.6. The number of carbonyl (C=O) groups is 1. The Morgan fingerprint density at radius 1 is 1.11 bits per heavy atom. The molecule has 3 N–H and O–H groups in total. The van der Waals surface area contributed by atoms with Crippen molar-refractivity contribution in [2.24, 2.45) is 0 Å². The smallest absolute Gasteiger partial charge is 0.275 e. The first-order valence-corrected chi connectivity index (χ1v) is 9.59. The van der Waals surface area contributed by atoms with E-state index in [0.29, 0.717) is 22.6 Å². The third-order valence-electron chi connectivity index (χ3n) is 3.84. The van der Waals surface area contributed by atoms with Crippen LogP contribution < -0.4 is 16.0 Å². The summed E-state index contributed by atoms with van der Waals surface area (Å²) in [6.07, 6.45) is 0. The molecule has 1 amide bonds. The molecule has 1 heterocycles. The van der Waals surface area contributed by atoms with E-state index in [9.17, 15) is 13.6 Å². The summed E-state index contributed by atoms with van der Waals surface area (Å²) in [5.41, 5.74) is 3.57. The van der Waals surface area contributed by atoms with Gasteiger partial charge < -0.3 is 16.0 Å². The second-order valence-corrected chi connectivity index (χ2v) is 7.02. The molecular formula is C19H16F2N4OS2. The van der Waals surface area contributed by atoms with Crippen molar-refractivity contribution in [2.75, 3.05) is 10.6 Å². The molecule has 1 aromatic heterocycles. The minimum Gasteiger partial charge on any atom is -0.356 e. The highest BCUT2D eigenvalue weighted by Gasteiger charge is 2.13. The quantitative estimate of drug-likeness (QED) is 0.523. The van der Waals surface area contributed by atoms with Crippen LogP contribution in [0.25, 0.3) is 0 Å². The molecule has 0 radical (unpaired) electrons. The van der Waals surface area contributed by atoms with Crippen LogP contribution in [0.15, 0.2) is 53.4 Å². The molecule has 3 rings (SSSR count). The molecule has 0 fully saturated rings. The molecule has 0 saturated heterocycles. The van der Waals surface area contributed by atoms with E-state index in [1.807, 2.05) is 0 Å². The van der Waals surface area contributed by atoms with Crippen molar-refractivity contribution in [2.45, 2.75) is 13.0 Å². The lowest BCUT2D eigenvalue weighted by Gasteiger charge is -2.18. The van der Waals surface area contributed by atoms with E-state index in [4.69, 9.17) is 12.2 Å². The number of nitrogens with one attached hydrogen (secondary N) is 3. The van der Waals surface area contributed by atoms with Crippen molar-refractivity contribution >= 4 is 45.9 Å². The molecule has 0 aliphatic heterocycles. The van der Waals surface area contributed by atoms with Crippen molar-refractivity contribution < 1.29 is 13.6 Å². The monoisotopic (exact) mass is 418 g/mol. The molecule has 1 unspecified atom stereocenters. The highest BCUT2D eigenvalue weighted by molar-refractivity contribution is 7.80. The van der Waals surface area contributed by atoms with Gasteiger partial charge in [0.25, 0.3) is 5.91 Å². The second-order valence-electron chi connectivity index (χ2n) is 5.89. The number of carbonyl (C=O) groups excluding carboxylic acids is 1. The number of anilines is 2. The van der Waals surface area contributed by atoms with Gasteiger partial charge in [0.15, 0.2) is 5.11 Å². The van der Waals surface area contributed by atoms with Crippen molar-refractivity contribution in [3.8, 4) is 0 Å². The number of aromatic nitrogens is 1. The van der Waals surface area contributed by atoms with Gasteiger partial charge in [0.1, 0.15) is 17.3 Å². The molecule has 3 aromatic rings. The van der Waals surface area contributed by atoms with Gasteiger partial charge in [-0.1, -0.05) is 6.07 Å². The zero-order chi connectivity index (χ0) is 20.1. The Morgan fingerprint density at radius 3 is 2.39 bits per heavy atom. The first-order chi connectivity index (χ1) is 13.4. The van der Waals surface area contributed by atoms with Crippen LogP contribution in [0, 0.1) is 11.6 Å². The molecule has 0 spiro atoms. The minimum atomic E-state index is -0.636. The summed E-state index contributed by atoms with van der Waals surface area (Å²) in [4.78, 5) is 15.9. The first-order valence-electron chi connectivity index (χ1n) is 8.24. The van der Waals surface area contributed by atoms with Crippen LogP contribution in [0.3, 0.4) is 0 Å². The van der Waals surface area contributed by atoms with Gasteiger partial charge in [0.2, 0.25) is 0 Å². The summed E-state index contributed by atoms with van der Waals surface area (Å²) in [6, 6.07) is 9.90. The molecule has 5 nitrogen and oxygen atoms in total. The largest absolute Gasteiger partial charge is 0.356 e. The van der Waals surface area contributed by atoms with Gasteiger partial charge in [0.05, 0.1) is 11.6 Å². The number of hydrogen-bond acceptors (Lipinski definition) is 4. The lowest BCUT2D eigenvalue weighted by molar-refractivity contribution is 0.102. The molecule has 2 aromatic carbocycles. The molecule has 1 atom stereocenters. The third kappa shape index (κ3) is 5.08. The maximum absolute atomic E-state index is 13.8. The number of thiazole rings is 1. The Kier molecular flexibility index (Phi) is 6.27. The third-order valence-corrected chi connectivity index (χ3v) is 4.65. The number of nitrogens with zero attached hydrogens (tertiary/aromatic N) is 1. The zero-order valence-electron chi connectivity index (χ0n) is 14.7. The predicted molar refractivity (Wildman–Crippen MR) is 111 cm³/mol. The Bertz CT molecular complexity index is 978. The molecular weight excluding hydrogens is 402 g/mol. The number of halogens is 2. The van der Waals surface area contributed by atoms with Gasteiger partial charge in [-0.2, -0.15) is 0 Å². The van der Waals surface area contributed by atoms with E-state index < -0.39 is 17.7 Å². The number of rotatable bonds is 5. The summed E-state index contributed by atoms with van der Waals surface area (Å²) >= 11 is 6.59. The summed E-state index contributed by atoms with van der Waals surface area (Å²) < 4.78 is 26.9. The Balaban J connectivity index is 1.56. The fourth-order valence-electron chi connectivity index (χ4n) is 2.45. The van der Waals surface area contributed by atoms with E-state index in [2.05, 4.69) is 20.9 Å². The number of amides is 1. The summed E-state index contributed by atoms with van der Waals surface area (Å²) in [5.74, 6) is -1.55. The highest BCUT2D eigenvalue weighted by atomic mass is 32.1. The van der Waals surface area contributed by atoms with Gasteiger partial charge in [-0.15, -0.1) is 11.3 Å². The highest BCUT2D eigenvalue weighted by Crippen LogP contribution is 2.19. The Hall–Kier alpha value is -2.91. The van der Waals surface area contributed by atoms with Crippen LogP contribution in [0.4, 0.5) is 20.2 Å². The van der Waals surface area contributed by atoms with E-state index in [1.54, 1.807) is 42.1 Å². The normalized spacial score (nSPS) is 11.5. The average molecular weight is 418 g/mol. The maximum atomic E-state index is 13.8. The fourth-order valence-corrected chi connectivity index (χ4v) is 3.28. The predicted octanol–water partition coefficient (Wildman–Crippen LogP) is 4.72. The standard InChI is InChI=1S/C19H16F2N4OS2/c1-11(15-7-2-12(20)8-16(15)21)23-19(27)25-14-5-3-13(4-6-14)24-18(26)17-9-28-10-22-17/h2-11H,1H3,(H,24,26)(H2,23,25,27). The number of thiocarbonyl (C=S) groups is 1. The summed E-state index contributed by atoms with van der Waals surface area (Å²) in [7, 11) is 0. The number of hydrogen-bond donors (Lipinski definition) is 3. The van der Waals surface area contributed by atoms with Crippen molar-refractivity contribution in [3.05, 3.63) is 76.2 Å². The molecule has 0 aliphatic rings. The van der Waals surface area contributed by atoms with Crippen LogP contribution >= 0.6 is 23.6 Å². The topological polar surface area (TPSA) is 66.0 Å². The lowest BCUT2D eigenvalue weighted by Crippen LogP contribution is -2.31. The maximum Gasteiger partial charge on any atom is 0.275 e. The Morgan fingerprint density at radius 2 is 1.79 bits per heavy atom. The van der Waals surface area contributed by atoms with Crippen LogP contribution in [-0.2, 0) is 0 Å². The lowest BCUT2D eigenvalue weighted by atomic mass is 10.1. The summed E-state index contributed by atoms with van der Waals surface area (Å²) in [6.45, 7) is 1.72. The van der Waals surface area contributed by atoms with Gasteiger partial charge >= 0.3 is 0 Å². The average Bonchev–Trinajstić information content (AvgIpc) is 3.18. The molecule has 28 heavy (non-hydrogen) atoms. The van der Waals surface area contributed by atoms with E-state index >= 15 is 0 Å². The van der Waals surface area contributed by atoms with Crippen LogP contribution in [0.1, 0.15) is 29.0 Å². The fraction of sp³-hybridized carbons (Fsp3) is 0.105. The van der Waals surface area contributed by atoms with Gasteiger partial charge in [-0.05, 0) is 49.5 Å². The van der Waals surface area contributed by atoms with E-state index in [1.165, 1.54) is 23.5 Å². The Labute approximate surface area is 169 Å². The minimum absolute atomic E-state index is 0.283. The second kappa shape index (κ2) is 8.85. The van der Waals surface area contributed by atoms with Crippen molar-refractivity contribution in [1.82, 2.24) is 10.3 Å². The van der Waals surface area contributed by atoms with E-state index in [0.717, 1.165) is 6.07 Å². The first kappa shape index (κ1) is 19.8. The van der Waals surface area contributed by atoms with Gasteiger partial charge in [-0.3, -0.25) is 4.79 Å². The van der Waals surface area contributed by atoms with Gasteiger partial charge in [-0.25, -0.2) is 13.8 Å². The van der Waals surface area contributed by atoms with Crippen LogP contribution in [0.5, 0.6) is 0 Å².